The SMILES string of the molecule is CNCC1CCN(S(=O)(=O)NCC2CCCC2)CC1. The Labute approximate surface area is 117 Å². The lowest BCUT2D eigenvalue weighted by Crippen LogP contribution is -2.46. The van der Waals surface area contributed by atoms with E-state index in [2.05, 4.69) is 10.0 Å². The summed E-state index contributed by atoms with van der Waals surface area (Å²) in [6.07, 6.45) is 6.78. The Bertz CT molecular complexity index is 358. The van der Waals surface area contributed by atoms with Crippen molar-refractivity contribution in [2.45, 2.75) is 38.5 Å². The molecule has 0 aromatic carbocycles. The molecule has 2 N–H and O–H groups in total. The molecule has 0 radical (unpaired) electrons. The third-order valence-corrected chi connectivity index (χ3v) is 6.01. The van der Waals surface area contributed by atoms with E-state index < -0.39 is 10.2 Å². The van der Waals surface area contributed by atoms with E-state index in [1.807, 2.05) is 7.05 Å². The van der Waals surface area contributed by atoms with E-state index in [-0.39, 0.29) is 0 Å². The predicted octanol–water partition coefficient (Wildman–Crippen LogP) is 0.942. The van der Waals surface area contributed by atoms with Crippen LogP contribution in [0.4, 0.5) is 0 Å². The van der Waals surface area contributed by atoms with Crippen LogP contribution in [-0.2, 0) is 10.2 Å². The van der Waals surface area contributed by atoms with Crippen molar-refractivity contribution in [3.63, 3.8) is 0 Å². The summed E-state index contributed by atoms with van der Waals surface area (Å²) < 4.78 is 28.8. The van der Waals surface area contributed by atoms with Crippen LogP contribution in [0.3, 0.4) is 0 Å². The Morgan fingerprint density at radius 3 is 2.16 bits per heavy atom. The Balaban J connectivity index is 1.76. The zero-order chi connectivity index (χ0) is 13.7. The topological polar surface area (TPSA) is 61.4 Å². The quantitative estimate of drug-likeness (QED) is 0.765. The van der Waals surface area contributed by atoms with Crippen LogP contribution >= 0.6 is 0 Å². The molecule has 0 spiro atoms. The summed E-state index contributed by atoms with van der Waals surface area (Å²) in [5, 5.41) is 3.17. The van der Waals surface area contributed by atoms with E-state index >= 15 is 0 Å². The maximum Gasteiger partial charge on any atom is 0.279 e. The lowest BCUT2D eigenvalue weighted by Gasteiger charge is -2.31. The molecular weight excluding hydrogens is 262 g/mol. The summed E-state index contributed by atoms with van der Waals surface area (Å²) in [6.45, 7) is 2.93. The van der Waals surface area contributed by atoms with Gasteiger partial charge in [0.25, 0.3) is 10.2 Å². The molecule has 5 nitrogen and oxygen atoms in total. The van der Waals surface area contributed by atoms with E-state index in [1.54, 1.807) is 4.31 Å². The number of hydrogen-bond acceptors (Lipinski definition) is 3. The molecule has 1 saturated heterocycles. The van der Waals surface area contributed by atoms with Crippen LogP contribution in [0, 0.1) is 11.8 Å². The largest absolute Gasteiger partial charge is 0.319 e. The van der Waals surface area contributed by atoms with Gasteiger partial charge in [0.1, 0.15) is 0 Å². The lowest BCUT2D eigenvalue weighted by molar-refractivity contribution is 0.267. The average molecular weight is 289 g/mol. The van der Waals surface area contributed by atoms with E-state index in [1.165, 1.54) is 25.7 Å². The smallest absolute Gasteiger partial charge is 0.279 e. The highest BCUT2D eigenvalue weighted by Crippen LogP contribution is 2.24. The van der Waals surface area contributed by atoms with Crippen molar-refractivity contribution in [3.8, 4) is 0 Å². The minimum Gasteiger partial charge on any atom is -0.319 e. The predicted molar refractivity (Wildman–Crippen MR) is 77.1 cm³/mol. The van der Waals surface area contributed by atoms with Crippen molar-refractivity contribution in [1.82, 2.24) is 14.3 Å². The molecule has 0 bridgehead atoms. The zero-order valence-electron chi connectivity index (χ0n) is 11.9. The highest BCUT2D eigenvalue weighted by atomic mass is 32.2. The van der Waals surface area contributed by atoms with E-state index in [0.717, 1.165) is 19.4 Å². The lowest BCUT2D eigenvalue weighted by atomic mass is 9.98. The van der Waals surface area contributed by atoms with Gasteiger partial charge < -0.3 is 5.32 Å². The minimum absolute atomic E-state index is 0.552. The molecule has 19 heavy (non-hydrogen) atoms. The van der Waals surface area contributed by atoms with Gasteiger partial charge in [0.2, 0.25) is 0 Å². The first-order valence-corrected chi connectivity index (χ1v) is 8.95. The third-order valence-electron chi connectivity index (χ3n) is 4.44. The van der Waals surface area contributed by atoms with Gasteiger partial charge in [-0.05, 0) is 51.1 Å². The number of nitrogens with one attached hydrogen (secondary N) is 2. The Morgan fingerprint density at radius 1 is 1.00 bits per heavy atom. The van der Waals surface area contributed by atoms with Crippen molar-refractivity contribution < 1.29 is 8.42 Å². The van der Waals surface area contributed by atoms with E-state index in [0.29, 0.717) is 31.5 Å². The number of piperidine rings is 1. The fraction of sp³-hybridized carbons (Fsp3) is 1.00. The number of rotatable bonds is 6. The van der Waals surface area contributed by atoms with Gasteiger partial charge in [0.05, 0.1) is 0 Å². The van der Waals surface area contributed by atoms with Crippen LogP contribution in [0.25, 0.3) is 0 Å². The highest BCUT2D eigenvalue weighted by molar-refractivity contribution is 7.87. The van der Waals surface area contributed by atoms with Gasteiger partial charge in [-0.1, -0.05) is 12.8 Å². The maximum absolute atomic E-state index is 12.2. The molecule has 0 amide bonds. The number of nitrogens with zero attached hydrogens (tertiary/aromatic N) is 1. The molecule has 1 saturated carbocycles. The summed E-state index contributed by atoms with van der Waals surface area (Å²) >= 11 is 0. The molecule has 1 heterocycles. The number of hydrogen-bond donors (Lipinski definition) is 2. The van der Waals surface area contributed by atoms with Gasteiger partial charge in [0, 0.05) is 19.6 Å². The van der Waals surface area contributed by atoms with Gasteiger partial charge >= 0.3 is 0 Å². The minimum atomic E-state index is -3.25. The van der Waals surface area contributed by atoms with Crippen molar-refractivity contribution in [1.29, 1.82) is 0 Å². The average Bonchev–Trinajstić information content (AvgIpc) is 2.91. The van der Waals surface area contributed by atoms with Crippen LogP contribution in [0.1, 0.15) is 38.5 Å². The first kappa shape index (κ1) is 15.2. The molecule has 0 unspecified atom stereocenters. The highest BCUT2D eigenvalue weighted by Gasteiger charge is 2.28. The van der Waals surface area contributed by atoms with Gasteiger partial charge in [-0.2, -0.15) is 12.7 Å². The van der Waals surface area contributed by atoms with Crippen LogP contribution in [0.5, 0.6) is 0 Å². The van der Waals surface area contributed by atoms with Gasteiger partial charge in [-0.15, -0.1) is 0 Å². The normalized spacial score (nSPS) is 24.1. The second-order valence-corrected chi connectivity index (χ2v) is 7.66. The molecule has 6 heteroatoms. The summed E-state index contributed by atoms with van der Waals surface area (Å²) in [7, 11) is -1.30. The second-order valence-electron chi connectivity index (χ2n) is 5.90. The third kappa shape index (κ3) is 4.41. The first-order chi connectivity index (χ1) is 9.12. The maximum atomic E-state index is 12.2. The first-order valence-electron chi connectivity index (χ1n) is 7.51. The fourth-order valence-electron chi connectivity index (χ4n) is 3.17. The van der Waals surface area contributed by atoms with Crippen molar-refractivity contribution in [2.24, 2.45) is 11.8 Å². The molecule has 1 aliphatic carbocycles. The van der Waals surface area contributed by atoms with E-state index in [4.69, 9.17) is 0 Å². The molecule has 112 valence electrons. The fourth-order valence-corrected chi connectivity index (χ4v) is 4.49. The standard InChI is InChI=1S/C13H27N3O2S/c1-14-10-13-6-8-16(9-7-13)19(17,18)15-11-12-4-2-3-5-12/h12-15H,2-11H2,1H3. The molecular formula is C13H27N3O2S. The monoisotopic (exact) mass is 289 g/mol. The van der Waals surface area contributed by atoms with Gasteiger partial charge in [0.15, 0.2) is 0 Å². The van der Waals surface area contributed by atoms with Gasteiger partial charge in [-0.25, -0.2) is 4.72 Å². The van der Waals surface area contributed by atoms with E-state index in [9.17, 15) is 8.42 Å². The van der Waals surface area contributed by atoms with Crippen LogP contribution in [0.2, 0.25) is 0 Å². The van der Waals surface area contributed by atoms with Crippen molar-refractivity contribution in [3.05, 3.63) is 0 Å². The summed E-state index contributed by atoms with van der Waals surface area (Å²) in [4.78, 5) is 0. The molecule has 1 aliphatic heterocycles. The molecule has 2 aliphatic rings. The van der Waals surface area contributed by atoms with Crippen molar-refractivity contribution in [2.75, 3.05) is 33.2 Å². The summed E-state index contributed by atoms with van der Waals surface area (Å²) in [5.41, 5.74) is 0. The Hall–Kier alpha value is -0.170. The van der Waals surface area contributed by atoms with Crippen LogP contribution < -0.4 is 10.0 Å². The Morgan fingerprint density at radius 2 is 1.58 bits per heavy atom. The Kier molecular flexibility index (Phi) is 5.62. The van der Waals surface area contributed by atoms with Crippen LogP contribution in [0.15, 0.2) is 0 Å². The second kappa shape index (κ2) is 7.02. The summed E-state index contributed by atoms with van der Waals surface area (Å²) in [5.74, 6) is 1.17. The van der Waals surface area contributed by atoms with Crippen LogP contribution in [-0.4, -0.2) is 45.9 Å². The molecule has 0 aromatic rings. The zero-order valence-corrected chi connectivity index (χ0v) is 12.7. The van der Waals surface area contributed by atoms with Gasteiger partial charge in [-0.3, -0.25) is 0 Å². The summed E-state index contributed by atoms with van der Waals surface area (Å²) in [6, 6.07) is 0. The molecule has 2 rings (SSSR count). The van der Waals surface area contributed by atoms with Crippen molar-refractivity contribution >= 4 is 10.2 Å². The molecule has 0 aromatic heterocycles. The molecule has 0 atom stereocenters. The molecule has 2 fully saturated rings.